The molecule has 0 atom stereocenters. The molecule has 4 rings (SSSR count). The fourth-order valence-electron chi connectivity index (χ4n) is 3.52. The van der Waals surface area contributed by atoms with E-state index in [0.29, 0.717) is 36.8 Å². The van der Waals surface area contributed by atoms with Crippen molar-refractivity contribution in [3.63, 3.8) is 0 Å². The number of benzene rings is 1. The van der Waals surface area contributed by atoms with Crippen LogP contribution in [0.1, 0.15) is 27.0 Å². The first kappa shape index (κ1) is 23.8. The molecule has 0 saturated heterocycles. The quantitative estimate of drug-likeness (QED) is 0.268. The molecule has 0 saturated carbocycles. The van der Waals surface area contributed by atoms with Crippen molar-refractivity contribution >= 4 is 40.0 Å². The van der Waals surface area contributed by atoms with E-state index in [-0.39, 0.29) is 5.82 Å². The SMILES string of the molecule is COCCN(Cc1ccc(Cc2nc(-c3sc(C)nc3C)cs2)nc1)c1ccc(Cl)cc1F. The van der Waals surface area contributed by atoms with Gasteiger partial charge in [0.05, 0.1) is 38.6 Å². The second kappa shape index (κ2) is 10.7. The number of rotatable bonds is 9. The average Bonchev–Trinajstić information content (AvgIpc) is 3.38. The standard InChI is InChI=1S/C24H24ClFN4OS2/c1-15-24(33-16(2)28-15)21-14-32-23(29-21)11-19-6-4-17(12-27-19)13-30(8-9-31-3)22-7-5-18(25)10-20(22)26/h4-7,10,12,14H,8-9,11,13H2,1-3H3. The maximum atomic E-state index is 14.5. The zero-order valence-electron chi connectivity index (χ0n) is 18.6. The molecule has 1 aromatic carbocycles. The molecule has 9 heteroatoms. The Bertz CT molecular complexity index is 1230. The van der Waals surface area contributed by atoms with Crippen LogP contribution < -0.4 is 4.90 Å². The molecule has 0 radical (unpaired) electrons. The van der Waals surface area contributed by atoms with Gasteiger partial charge in [-0.05, 0) is 43.7 Å². The summed E-state index contributed by atoms with van der Waals surface area (Å²) in [6.07, 6.45) is 2.51. The monoisotopic (exact) mass is 502 g/mol. The summed E-state index contributed by atoms with van der Waals surface area (Å²) in [6.45, 7) is 5.58. The van der Waals surface area contributed by atoms with Gasteiger partial charge < -0.3 is 9.64 Å². The number of aryl methyl sites for hydroxylation is 2. The van der Waals surface area contributed by atoms with Crippen molar-refractivity contribution in [1.29, 1.82) is 0 Å². The lowest BCUT2D eigenvalue weighted by atomic mass is 10.2. The highest BCUT2D eigenvalue weighted by molar-refractivity contribution is 7.16. The Balaban J connectivity index is 1.45. The van der Waals surface area contributed by atoms with Crippen LogP contribution in [0.4, 0.5) is 10.1 Å². The lowest BCUT2D eigenvalue weighted by Gasteiger charge is -2.25. The van der Waals surface area contributed by atoms with Gasteiger partial charge in [-0.15, -0.1) is 22.7 Å². The molecular weight excluding hydrogens is 479 g/mol. The van der Waals surface area contributed by atoms with Crippen LogP contribution in [0.5, 0.6) is 0 Å². The van der Waals surface area contributed by atoms with E-state index in [4.69, 9.17) is 21.3 Å². The fraction of sp³-hybridized carbons (Fsp3) is 0.292. The Kier molecular flexibility index (Phi) is 7.70. The van der Waals surface area contributed by atoms with Crippen LogP contribution in [-0.2, 0) is 17.7 Å². The van der Waals surface area contributed by atoms with Gasteiger partial charge in [-0.1, -0.05) is 17.7 Å². The number of ether oxygens (including phenoxy) is 1. The predicted octanol–water partition coefficient (Wildman–Crippen LogP) is 6.31. The lowest BCUT2D eigenvalue weighted by molar-refractivity contribution is 0.205. The molecule has 172 valence electrons. The Morgan fingerprint density at radius 2 is 2.00 bits per heavy atom. The first-order valence-corrected chi connectivity index (χ1v) is 12.5. The first-order valence-electron chi connectivity index (χ1n) is 10.4. The van der Waals surface area contributed by atoms with Gasteiger partial charge in [0.1, 0.15) is 5.82 Å². The fourth-order valence-corrected chi connectivity index (χ4v) is 5.43. The summed E-state index contributed by atoms with van der Waals surface area (Å²) >= 11 is 9.22. The van der Waals surface area contributed by atoms with E-state index in [0.717, 1.165) is 37.5 Å². The smallest absolute Gasteiger partial charge is 0.147 e. The van der Waals surface area contributed by atoms with Crippen LogP contribution in [-0.4, -0.2) is 35.2 Å². The average molecular weight is 503 g/mol. The highest BCUT2D eigenvalue weighted by Gasteiger charge is 2.14. The summed E-state index contributed by atoms with van der Waals surface area (Å²) < 4.78 is 19.7. The molecule has 0 spiro atoms. The summed E-state index contributed by atoms with van der Waals surface area (Å²) in [5.74, 6) is -0.353. The second-order valence-corrected chi connectivity index (χ2v) is 10.2. The first-order chi connectivity index (χ1) is 15.9. The van der Waals surface area contributed by atoms with Crippen molar-refractivity contribution in [2.24, 2.45) is 0 Å². The number of thiazole rings is 2. The van der Waals surface area contributed by atoms with E-state index in [1.165, 1.54) is 6.07 Å². The molecular formula is C24H24ClFN4OS2. The molecule has 0 N–H and O–H groups in total. The second-order valence-electron chi connectivity index (χ2n) is 7.62. The third kappa shape index (κ3) is 5.95. The number of pyridine rings is 1. The molecule has 0 aliphatic heterocycles. The third-order valence-electron chi connectivity index (χ3n) is 5.10. The van der Waals surface area contributed by atoms with E-state index in [1.807, 2.05) is 37.1 Å². The van der Waals surface area contributed by atoms with Crippen LogP contribution in [0.2, 0.25) is 5.02 Å². The highest BCUT2D eigenvalue weighted by Crippen LogP contribution is 2.31. The molecule has 0 fully saturated rings. The summed E-state index contributed by atoms with van der Waals surface area (Å²) in [5, 5.41) is 4.52. The van der Waals surface area contributed by atoms with Gasteiger partial charge >= 0.3 is 0 Å². The molecule has 0 bridgehead atoms. The maximum Gasteiger partial charge on any atom is 0.147 e. The number of halogens is 2. The molecule has 0 aliphatic carbocycles. The molecule has 0 unspecified atom stereocenters. The minimum atomic E-state index is -0.353. The van der Waals surface area contributed by atoms with Crippen molar-refractivity contribution in [2.45, 2.75) is 26.8 Å². The predicted molar refractivity (Wildman–Crippen MR) is 134 cm³/mol. The van der Waals surface area contributed by atoms with Gasteiger partial charge in [0.15, 0.2) is 0 Å². The topological polar surface area (TPSA) is 51.1 Å². The largest absolute Gasteiger partial charge is 0.383 e. The molecule has 4 aromatic rings. The Morgan fingerprint density at radius 1 is 1.15 bits per heavy atom. The lowest BCUT2D eigenvalue weighted by Crippen LogP contribution is -2.27. The van der Waals surface area contributed by atoms with Crippen LogP contribution in [0.3, 0.4) is 0 Å². The van der Waals surface area contributed by atoms with E-state index in [1.54, 1.807) is 41.9 Å². The molecule has 0 amide bonds. The van der Waals surface area contributed by atoms with Crippen LogP contribution in [0, 0.1) is 19.7 Å². The summed E-state index contributed by atoms with van der Waals surface area (Å²) in [5.41, 5.74) is 4.42. The van der Waals surface area contributed by atoms with Gasteiger partial charge in [-0.2, -0.15) is 0 Å². The highest BCUT2D eigenvalue weighted by atomic mass is 35.5. The zero-order valence-corrected chi connectivity index (χ0v) is 21.0. The Morgan fingerprint density at radius 3 is 2.67 bits per heavy atom. The minimum Gasteiger partial charge on any atom is -0.383 e. The number of hydrogen-bond acceptors (Lipinski definition) is 7. The van der Waals surface area contributed by atoms with Crippen molar-refractivity contribution in [3.8, 4) is 10.6 Å². The number of anilines is 1. The van der Waals surface area contributed by atoms with Crippen LogP contribution in [0.25, 0.3) is 10.6 Å². The van der Waals surface area contributed by atoms with Crippen LogP contribution in [0.15, 0.2) is 41.9 Å². The summed E-state index contributed by atoms with van der Waals surface area (Å²) in [7, 11) is 1.63. The molecule has 0 aliphatic rings. The van der Waals surface area contributed by atoms with Crippen molar-refractivity contribution in [2.75, 3.05) is 25.2 Å². The van der Waals surface area contributed by atoms with Crippen molar-refractivity contribution in [1.82, 2.24) is 15.0 Å². The van der Waals surface area contributed by atoms with Gasteiger partial charge in [-0.25, -0.2) is 14.4 Å². The van der Waals surface area contributed by atoms with Gasteiger partial charge in [-0.3, -0.25) is 4.98 Å². The Labute approximate surface area is 205 Å². The summed E-state index contributed by atoms with van der Waals surface area (Å²) in [6, 6.07) is 8.75. The zero-order chi connectivity index (χ0) is 23.4. The molecule has 3 heterocycles. The van der Waals surface area contributed by atoms with E-state index in [2.05, 4.69) is 15.3 Å². The molecule has 33 heavy (non-hydrogen) atoms. The van der Waals surface area contributed by atoms with Crippen molar-refractivity contribution < 1.29 is 9.13 Å². The van der Waals surface area contributed by atoms with Gasteiger partial charge in [0.25, 0.3) is 0 Å². The number of hydrogen-bond donors (Lipinski definition) is 0. The normalized spacial score (nSPS) is 11.2. The maximum absolute atomic E-state index is 14.5. The van der Waals surface area contributed by atoms with E-state index in [9.17, 15) is 4.39 Å². The van der Waals surface area contributed by atoms with Crippen LogP contribution >= 0.6 is 34.3 Å². The van der Waals surface area contributed by atoms with E-state index >= 15 is 0 Å². The number of aromatic nitrogens is 3. The van der Waals surface area contributed by atoms with Gasteiger partial charge in [0, 0.05) is 48.9 Å². The van der Waals surface area contributed by atoms with Gasteiger partial charge in [0.2, 0.25) is 0 Å². The third-order valence-corrected chi connectivity index (χ3v) is 7.27. The number of methoxy groups -OCH3 is 1. The Hall–Kier alpha value is -2.39. The molecule has 3 aromatic heterocycles. The van der Waals surface area contributed by atoms with E-state index < -0.39 is 0 Å². The summed E-state index contributed by atoms with van der Waals surface area (Å²) in [4.78, 5) is 17.0. The molecule has 5 nitrogen and oxygen atoms in total. The number of nitrogens with zero attached hydrogens (tertiary/aromatic N) is 4. The minimum absolute atomic E-state index is 0.353. The van der Waals surface area contributed by atoms with Crippen molar-refractivity contribution in [3.05, 3.63) is 79.7 Å².